The van der Waals surface area contributed by atoms with Gasteiger partial charge in [0.15, 0.2) is 5.13 Å². The Hall–Kier alpha value is -4.04. The summed E-state index contributed by atoms with van der Waals surface area (Å²) in [4.78, 5) is 24.5. The summed E-state index contributed by atoms with van der Waals surface area (Å²) >= 11 is 1.45. The summed E-state index contributed by atoms with van der Waals surface area (Å²) in [5.41, 5.74) is 3.83. The van der Waals surface area contributed by atoms with Crippen molar-refractivity contribution in [2.75, 3.05) is 12.0 Å². The van der Waals surface area contributed by atoms with E-state index in [4.69, 9.17) is 9.72 Å². The number of benzene rings is 2. The first-order valence-corrected chi connectivity index (χ1v) is 11.2. The van der Waals surface area contributed by atoms with Gasteiger partial charge in [0, 0.05) is 12.4 Å². The predicted octanol–water partition coefficient (Wildman–Crippen LogP) is 5.04. The molecule has 1 amide bonds. The van der Waals surface area contributed by atoms with Crippen LogP contribution in [-0.4, -0.2) is 32.8 Å². The van der Waals surface area contributed by atoms with Gasteiger partial charge in [0.1, 0.15) is 11.3 Å². The van der Waals surface area contributed by atoms with Crippen LogP contribution in [-0.2, 0) is 6.54 Å². The van der Waals surface area contributed by atoms with Crippen LogP contribution in [0.1, 0.15) is 21.6 Å². The molecule has 0 atom stereocenters. The van der Waals surface area contributed by atoms with Gasteiger partial charge in [0.25, 0.3) is 5.91 Å². The molecule has 33 heavy (non-hydrogen) atoms. The van der Waals surface area contributed by atoms with Crippen LogP contribution in [0, 0.1) is 6.92 Å². The average molecular weight is 456 g/mol. The van der Waals surface area contributed by atoms with Crippen LogP contribution in [0.5, 0.6) is 5.75 Å². The molecule has 3 heterocycles. The van der Waals surface area contributed by atoms with Gasteiger partial charge in [0.2, 0.25) is 0 Å². The zero-order chi connectivity index (χ0) is 22.8. The number of thiazole rings is 1. The number of carbonyl (C=O) groups excluding carboxylic acids is 1. The van der Waals surface area contributed by atoms with Crippen molar-refractivity contribution in [1.82, 2.24) is 19.7 Å². The van der Waals surface area contributed by atoms with Crippen molar-refractivity contribution < 1.29 is 9.53 Å². The Labute approximate surface area is 194 Å². The van der Waals surface area contributed by atoms with Gasteiger partial charge in [-0.15, -0.1) is 0 Å². The van der Waals surface area contributed by atoms with Crippen LogP contribution in [0.25, 0.3) is 15.9 Å². The molecule has 164 valence electrons. The third-order valence-electron chi connectivity index (χ3n) is 5.37. The maximum atomic E-state index is 13.8. The Morgan fingerprint density at radius 3 is 2.67 bits per heavy atom. The normalized spacial score (nSPS) is 11.0. The van der Waals surface area contributed by atoms with E-state index >= 15 is 0 Å². The molecule has 7 nitrogen and oxygen atoms in total. The molecule has 0 spiro atoms. The van der Waals surface area contributed by atoms with E-state index in [9.17, 15) is 4.79 Å². The van der Waals surface area contributed by atoms with Gasteiger partial charge in [-0.25, -0.2) is 9.67 Å². The fraction of sp³-hybridized carbons (Fsp3) is 0.120. The number of rotatable bonds is 6. The number of aromatic nitrogens is 4. The average Bonchev–Trinajstić information content (AvgIpc) is 3.46. The second kappa shape index (κ2) is 8.84. The summed E-state index contributed by atoms with van der Waals surface area (Å²) in [6.07, 6.45) is 5.09. The molecular formula is C25H21N5O2S. The van der Waals surface area contributed by atoms with Crippen molar-refractivity contribution >= 4 is 32.6 Å². The highest BCUT2D eigenvalue weighted by Gasteiger charge is 2.26. The van der Waals surface area contributed by atoms with Crippen molar-refractivity contribution in [3.63, 3.8) is 0 Å². The molecule has 0 N–H and O–H groups in total. The first kappa shape index (κ1) is 20.8. The third-order valence-corrected chi connectivity index (χ3v) is 6.41. The number of amides is 1. The second-order valence-corrected chi connectivity index (χ2v) is 8.46. The minimum Gasteiger partial charge on any atom is -0.494 e. The van der Waals surface area contributed by atoms with E-state index in [-0.39, 0.29) is 5.91 Å². The quantitative estimate of drug-likeness (QED) is 0.359. The molecule has 5 aromatic rings. The van der Waals surface area contributed by atoms with Crippen molar-refractivity contribution in [1.29, 1.82) is 0 Å². The molecule has 0 radical (unpaired) electrons. The lowest BCUT2D eigenvalue weighted by Crippen LogP contribution is -2.30. The molecule has 3 aromatic heterocycles. The molecule has 0 saturated heterocycles. The Balaban J connectivity index is 1.58. The van der Waals surface area contributed by atoms with E-state index in [1.165, 1.54) is 11.3 Å². The van der Waals surface area contributed by atoms with Crippen molar-refractivity contribution in [2.45, 2.75) is 13.5 Å². The Bertz CT molecular complexity index is 1410. The molecular weight excluding hydrogens is 434 g/mol. The van der Waals surface area contributed by atoms with E-state index in [0.29, 0.717) is 23.0 Å². The minimum absolute atomic E-state index is 0.170. The number of nitrogens with zero attached hydrogens (tertiary/aromatic N) is 5. The van der Waals surface area contributed by atoms with Gasteiger partial charge in [-0.05, 0) is 42.8 Å². The Morgan fingerprint density at radius 1 is 1.06 bits per heavy atom. The molecule has 0 unspecified atom stereocenters. The van der Waals surface area contributed by atoms with Gasteiger partial charge in [-0.1, -0.05) is 41.7 Å². The molecule has 0 saturated carbocycles. The molecule has 8 heteroatoms. The smallest absolute Gasteiger partial charge is 0.263 e. The van der Waals surface area contributed by atoms with E-state index in [1.807, 2.05) is 67.6 Å². The van der Waals surface area contributed by atoms with Crippen molar-refractivity contribution in [2.24, 2.45) is 0 Å². The SMILES string of the molecule is COc1cccc2sc(N(Cc3cccnc3)C(=O)c3cnn(-c4ccccc4)c3C)nc12. The maximum Gasteiger partial charge on any atom is 0.263 e. The lowest BCUT2D eigenvalue weighted by Gasteiger charge is -2.20. The molecule has 0 aliphatic carbocycles. The largest absolute Gasteiger partial charge is 0.494 e. The molecule has 0 fully saturated rings. The molecule has 0 aliphatic rings. The van der Waals surface area contributed by atoms with Crippen LogP contribution in [0.2, 0.25) is 0 Å². The molecule has 0 aliphatic heterocycles. The lowest BCUT2D eigenvalue weighted by molar-refractivity contribution is 0.0984. The Kier molecular flexibility index (Phi) is 5.58. The van der Waals surface area contributed by atoms with Crippen LogP contribution < -0.4 is 9.64 Å². The molecule has 5 rings (SSSR count). The number of hydrogen-bond donors (Lipinski definition) is 0. The van der Waals surface area contributed by atoms with E-state index in [2.05, 4.69) is 10.1 Å². The third kappa shape index (κ3) is 3.96. The number of fused-ring (bicyclic) bond motifs is 1. The van der Waals surface area contributed by atoms with Crippen molar-refractivity contribution in [3.05, 3.63) is 96.1 Å². The van der Waals surface area contributed by atoms with Crippen LogP contribution in [0.15, 0.2) is 79.3 Å². The summed E-state index contributed by atoms with van der Waals surface area (Å²) < 4.78 is 8.20. The first-order chi connectivity index (χ1) is 16.2. The number of hydrogen-bond acceptors (Lipinski definition) is 6. The highest BCUT2D eigenvalue weighted by atomic mass is 32.1. The fourth-order valence-electron chi connectivity index (χ4n) is 3.69. The number of ether oxygens (including phenoxy) is 1. The lowest BCUT2D eigenvalue weighted by atomic mass is 10.2. The Morgan fingerprint density at radius 2 is 1.91 bits per heavy atom. The van der Waals surface area contributed by atoms with Gasteiger partial charge in [-0.3, -0.25) is 14.7 Å². The molecule has 0 bridgehead atoms. The number of anilines is 1. The predicted molar refractivity (Wildman–Crippen MR) is 129 cm³/mol. The van der Waals surface area contributed by atoms with Gasteiger partial charge in [0.05, 0.1) is 41.5 Å². The van der Waals surface area contributed by atoms with Crippen LogP contribution in [0.3, 0.4) is 0 Å². The summed E-state index contributed by atoms with van der Waals surface area (Å²) in [6.45, 7) is 2.24. The van der Waals surface area contributed by atoms with Crippen LogP contribution in [0.4, 0.5) is 5.13 Å². The van der Waals surface area contributed by atoms with E-state index in [0.717, 1.165) is 27.2 Å². The number of methoxy groups -OCH3 is 1. The fourth-order valence-corrected chi connectivity index (χ4v) is 4.67. The van der Waals surface area contributed by atoms with Gasteiger partial charge in [-0.2, -0.15) is 5.10 Å². The summed E-state index contributed by atoms with van der Waals surface area (Å²) in [5.74, 6) is 0.508. The van der Waals surface area contributed by atoms with E-state index in [1.54, 1.807) is 35.3 Å². The highest BCUT2D eigenvalue weighted by molar-refractivity contribution is 7.22. The van der Waals surface area contributed by atoms with Gasteiger partial charge < -0.3 is 4.74 Å². The minimum atomic E-state index is -0.170. The maximum absolute atomic E-state index is 13.8. The number of pyridine rings is 1. The standard InChI is InChI=1S/C25H21N5O2S/c1-17-20(15-27-30(17)19-9-4-3-5-10-19)24(31)29(16-18-8-7-13-26-14-18)25-28-23-21(32-2)11-6-12-22(23)33-25/h3-15H,16H2,1-2H3. The summed E-state index contributed by atoms with van der Waals surface area (Å²) in [6, 6.07) is 19.3. The summed E-state index contributed by atoms with van der Waals surface area (Å²) in [7, 11) is 1.62. The number of para-hydroxylation sites is 2. The van der Waals surface area contributed by atoms with Gasteiger partial charge >= 0.3 is 0 Å². The van der Waals surface area contributed by atoms with Crippen molar-refractivity contribution in [3.8, 4) is 11.4 Å². The van der Waals surface area contributed by atoms with Crippen LogP contribution >= 0.6 is 11.3 Å². The highest BCUT2D eigenvalue weighted by Crippen LogP contribution is 2.35. The second-order valence-electron chi connectivity index (χ2n) is 7.45. The monoisotopic (exact) mass is 455 g/mol. The topological polar surface area (TPSA) is 73.1 Å². The zero-order valence-corrected chi connectivity index (χ0v) is 19.0. The first-order valence-electron chi connectivity index (χ1n) is 10.4. The summed E-state index contributed by atoms with van der Waals surface area (Å²) in [5, 5.41) is 5.07. The molecule has 2 aromatic carbocycles. The number of carbonyl (C=O) groups is 1. The van der Waals surface area contributed by atoms with E-state index < -0.39 is 0 Å². The zero-order valence-electron chi connectivity index (χ0n) is 18.2.